The third kappa shape index (κ3) is 7.52. The van der Waals surface area contributed by atoms with Gasteiger partial charge in [0.1, 0.15) is 0 Å². The summed E-state index contributed by atoms with van der Waals surface area (Å²) in [5, 5.41) is 0. The molecule has 0 aromatic heterocycles. The van der Waals surface area contributed by atoms with Gasteiger partial charge in [0.05, 0.1) is 0 Å². The van der Waals surface area contributed by atoms with Gasteiger partial charge in [-0.2, -0.15) is 0 Å². The molecule has 0 aliphatic heterocycles. The zero-order valence-electron chi connectivity index (χ0n) is 8.33. The van der Waals surface area contributed by atoms with E-state index in [9.17, 15) is 9.59 Å². The zero-order valence-corrected chi connectivity index (χ0v) is 9.49. The molecule has 0 radical (unpaired) electrons. The van der Waals surface area contributed by atoms with E-state index in [4.69, 9.17) is 8.85 Å². The van der Waals surface area contributed by atoms with Crippen molar-refractivity contribution in [2.24, 2.45) is 0 Å². The second-order valence-electron chi connectivity index (χ2n) is 2.79. The maximum atomic E-state index is 10.6. The molecule has 0 fully saturated rings. The van der Waals surface area contributed by atoms with Crippen molar-refractivity contribution in [3.63, 3.8) is 0 Å². The molecule has 4 nitrogen and oxygen atoms in total. The lowest BCUT2D eigenvalue weighted by Gasteiger charge is -2.13. The van der Waals surface area contributed by atoms with E-state index in [1.165, 1.54) is 13.8 Å². The lowest BCUT2D eigenvalue weighted by Crippen LogP contribution is -2.27. The van der Waals surface area contributed by atoms with E-state index >= 15 is 0 Å². The molecule has 0 unspecified atom stereocenters. The minimum absolute atomic E-state index is 0.367. The van der Waals surface area contributed by atoms with E-state index in [2.05, 4.69) is 0 Å². The number of hydrogen-bond donors (Lipinski definition) is 0. The molecule has 5 heteroatoms. The van der Waals surface area contributed by atoms with Gasteiger partial charge in [0.25, 0.3) is 11.9 Å². The smallest absolute Gasteiger partial charge is 0.448 e. The summed E-state index contributed by atoms with van der Waals surface area (Å²) < 4.78 is 9.84. The Kier molecular flexibility index (Phi) is 6.22. The van der Waals surface area contributed by atoms with Crippen LogP contribution in [0.25, 0.3) is 0 Å². The van der Waals surface area contributed by atoms with E-state index in [-0.39, 0.29) is 11.9 Å². The van der Waals surface area contributed by atoms with E-state index in [0.29, 0.717) is 6.04 Å². The van der Waals surface area contributed by atoms with Crippen molar-refractivity contribution in [1.82, 2.24) is 0 Å². The van der Waals surface area contributed by atoms with Crippen molar-refractivity contribution in [3.8, 4) is 0 Å². The van der Waals surface area contributed by atoms with Gasteiger partial charge >= 0.3 is 9.28 Å². The Labute approximate surface area is 80.1 Å². The summed E-state index contributed by atoms with van der Waals surface area (Å²) in [5.41, 5.74) is 0. The van der Waals surface area contributed by atoms with Crippen molar-refractivity contribution in [2.75, 3.05) is 0 Å². The highest BCUT2D eigenvalue weighted by Crippen LogP contribution is 2.04. The van der Waals surface area contributed by atoms with Crippen LogP contribution < -0.4 is 0 Å². The molecule has 0 saturated carbocycles. The highest BCUT2D eigenvalue weighted by Gasteiger charge is 2.18. The Morgan fingerprint density at radius 2 is 1.62 bits per heavy atom. The number of unbranched alkanes of at least 4 members (excludes halogenated alkanes) is 1. The Morgan fingerprint density at radius 3 is 1.92 bits per heavy atom. The van der Waals surface area contributed by atoms with Crippen molar-refractivity contribution in [2.45, 2.75) is 39.7 Å². The van der Waals surface area contributed by atoms with Crippen LogP contribution in [0.1, 0.15) is 33.6 Å². The average Bonchev–Trinajstić information content (AvgIpc) is 1.98. The SMILES string of the molecule is CCCC[SiH](OC(C)=O)OC(C)=O. The molecule has 0 heterocycles. The summed E-state index contributed by atoms with van der Waals surface area (Å²) in [6.07, 6.45) is 1.93. The van der Waals surface area contributed by atoms with Gasteiger partial charge in [-0.15, -0.1) is 0 Å². The molecular formula is C8H16O4Si. The number of carbonyl (C=O) groups excluding carboxylic acids is 2. The lowest BCUT2D eigenvalue weighted by molar-refractivity contribution is -0.137. The van der Waals surface area contributed by atoms with Crippen molar-refractivity contribution >= 4 is 21.2 Å². The second kappa shape index (κ2) is 6.65. The minimum atomic E-state index is -2.07. The fraction of sp³-hybridized carbons (Fsp3) is 0.750. The third-order valence-corrected chi connectivity index (χ3v) is 3.46. The van der Waals surface area contributed by atoms with Crippen LogP contribution >= 0.6 is 0 Å². The number of rotatable bonds is 5. The first kappa shape index (κ1) is 12.2. The van der Waals surface area contributed by atoms with Gasteiger partial charge in [0, 0.05) is 19.9 Å². The van der Waals surface area contributed by atoms with Crippen LogP contribution in [0.2, 0.25) is 6.04 Å². The van der Waals surface area contributed by atoms with Crippen molar-refractivity contribution in [1.29, 1.82) is 0 Å². The first-order valence-corrected chi connectivity index (χ1v) is 6.16. The van der Waals surface area contributed by atoms with Gasteiger partial charge in [-0.05, 0) is 6.42 Å². The summed E-state index contributed by atoms with van der Waals surface area (Å²) in [5.74, 6) is -0.733. The standard InChI is InChI=1S/C8H16O4Si/c1-4-5-6-13(11-7(2)9)12-8(3)10/h13H,4-6H2,1-3H3. The Balaban J connectivity index is 3.87. The van der Waals surface area contributed by atoms with Crippen LogP contribution in [-0.2, 0) is 18.4 Å². The van der Waals surface area contributed by atoms with E-state index in [1.807, 2.05) is 6.92 Å². The summed E-state index contributed by atoms with van der Waals surface area (Å²) in [6, 6.07) is 0.704. The van der Waals surface area contributed by atoms with Crippen LogP contribution in [0.3, 0.4) is 0 Å². The minimum Gasteiger partial charge on any atom is -0.487 e. The fourth-order valence-corrected chi connectivity index (χ4v) is 2.65. The number of hydrogen-bond acceptors (Lipinski definition) is 4. The highest BCUT2D eigenvalue weighted by molar-refractivity contribution is 6.48. The maximum Gasteiger partial charge on any atom is 0.448 e. The molecule has 0 amide bonds. The largest absolute Gasteiger partial charge is 0.487 e. The summed E-state index contributed by atoms with van der Waals surface area (Å²) in [7, 11) is -2.07. The normalized spacial score (nSPS) is 9.85. The van der Waals surface area contributed by atoms with Gasteiger partial charge in [0.2, 0.25) is 0 Å². The molecule has 0 aliphatic carbocycles. The van der Waals surface area contributed by atoms with E-state index < -0.39 is 9.28 Å². The van der Waals surface area contributed by atoms with E-state index in [1.54, 1.807) is 0 Å². The molecule has 0 rings (SSSR count). The molecule has 0 aromatic carbocycles. The first-order chi connectivity index (χ1) is 6.06. The second-order valence-corrected chi connectivity index (χ2v) is 4.70. The van der Waals surface area contributed by atoms with Crippen LogP contribution in [-0.4, -0.2) is 21.2 Å². The molecule has 0 atom stereocenters. The molecular weight excluding hydrogens is 188 g/mol. The number of carbonyl (C=O) groups is 2. The van der Waals surface area contributed by atoms with Gasteiger partial charge < -0.3 is 8.85 Å². The molecule has 0 bridgehead atoms. The summed E-state index contributed by atoms with van der Waals surface area (Å²) >= 11 is 0. The van der Waals surface area contributed by atoms with Crippen molar-refractivity contribution < 1.29 is 18.4 Å². The summed E-state index contributed by atoms with van der Waals surface area (Å²) in [4.78, 5) is 21.2. The lowest BCUT2D eigenvalue weighted by atomic mass is 10.4. The molecule has 76 valence electrons. The summed E-state index contributed by atoms with van der Waals surface area (Å²) in [6.45, 7) is 4.69. The molecule has 0 N–H and O–H groups in total. The van der Waals surface area contributed by atoms with Crippen LogP contribution in [0.5, 0.6) is 0 Å². The Hall–Kier alpha value is -0.843. The first-order valence-electron chi connectivity index (χ1n) is 4.40. The highest BCUT2D eigenvalue weighted by atomic mass is 28.3. The van der Waals surface area contributed by atoms with Crippen molar-refractivity contribution in [3.05, 3.63) is 0 Å². The van der Waals surface area contributed by atoms with Gasteiger partial charge in [-0.1, -0.05) is 13.3 Å². The predicted octanol–water partition coefficient (Wildman–Crippen LogP) is 1.13. The molecule has 0 saturated heterocycles. The Bertz CT molecular complexity index is 165. The molecule has 0 spiro atoms. The third-order valence-electron chi connectivity index (χ3n) is 1.39. The zero-order chi connectivity index (χ0) is 10.3. The predicted molar refractivity (Wildman–Crippen MR) is 50.4 cm³/mol. The topological polar surface area (TPSA) is 52.6 Å². The monoisotopic (exact) mass is 204 g/mol. The van der Waals surface area contributed by atoms with E-state index in [0.717, 1.165) is 12.8 Å². The van der Waals surface area contributed by atoms with Crippen LogP contribution in [0.4, 0.5) is 0 Å². The van der Waals surface area contributed by atoms with Crippen LogP contribution in [0.15, 0.2) is 0 Å². The quantitative estimate of drug-likeness (QED) is 0.630. The molecule has 0 aromatic rings. The van der Waals surface area contributed by atoms with Gasteiger partial charge in [0.15, 0.2) is 0 Å². The maximum absolute atomic E-state index is 10.6. The van der Waals surface area contributed by atoms with Gasteiger partial charge in [-0.3, -0.25) is 9.59 Å². The van der Waals surface area contributed by atoms with Gasteiger partial charge in [-0.25, -0.2) is 0 Å². The Morgan fingerprint density at radius 1 is 1.15 bits per heavy atom. The molecule has 0 aliphatic rings. The average molecular weight is 204 g/mol. The van der Waals surface area contributed by atoms with Crippen LogP contribution in [0, 0.1) is 0 Å². The fourth-order valence-electron chi connectivity index (χ4n) is 0.883. The molecule has 13 heavy (non-hydrogen) atoms.